The number of ether oxygens (including phenoxy) is 1. The second kappa shape index (κ2) is 5.86. The highest BCUT2D eigenvalue weighted by Crippen LogP contribution is 2.28. The van der Waals surface area contributed by atoms with Gasteiger partial charge in [0, 0.05) is 0 Å². The first kappa shape index (κ1) is 13.0. The number of aryl methyl sites for hydroxylation is 1. The lowest BCUT2D eigenvalue weighted by molar-refractivity contribution is -0.672. The van der Waals surface area contributed by atoms with Crippen molar-refractivity contribution in [2.75, 3.05) is 6.61 Å². The van der Waals surface area contributed by atoms with E-state index in [4.69, 9.17) is 9.94 Å². The van der Waals surface area contributed by atoms with Crippen molar-refractivity contribution in [2.45, 2.75) is 19.6 Å². The van der Waals surface area contributed by atoms with Crippen LogP contribution in [0.3, 0.4) is 0 Å². The first-order chi connectivity index (χ1) is 7.31. The van der Waals surface area contributed by atoms with Crippen LogP contribution < -0.4 is 17.0 Å². The lowest BCUT2D eigenvalue weighted by atomic mass is 10.5. The van der Waals surface area contributed by atoms with Crippen molar-refractivity contribution in [1.82, 2.24) is 4.57 Å². The summed E-state index contributed by atoms with van der Waals surface area (Å²) in [5.41, 5.74) is 0. The van der Waals surface area contributed by atoms with Crippen molar-refractivity contribution < 1.29 is 26.9 Å². The summed E-state index contributed by atoms with van der Waals surface area (Å²) >= 11 is 0. The molecule has 1 fully saturated rings. The van der Waals surface area contributed by atoms with Crippen LogP contribution in [0.15, 0.2) is 17.5 Å². The summed E-state index contributed by atoms with van der Waals surface area (Å²) < 4.78 is 9.33. The second-order valence-electron chi connectivity index (χ2n) is 3.92. The molecule has 1 aromatic heterocycles. The van der Waals surface area contributed by atoms with Gasteiger partial charge >= 0.3 is 5.82 Å². The van der Waals surface area contributed by atoms with E-state index in [-0.39, 0.29) is 12.4 Å². The zero-order valence-corrected chi connectivity index (χ0v) is 9.97. The molecule has 0 unspecified atom stereocenters. The minimum atomic E-state index is 0. The van der Waals surface area contributed by atoms with Gasteiger partial charge in [-0.2, -0.15) is 0 Å². The highest BCUT2D eigenvalue weighted by atomic mass is 35.5. The molecule has 0 amide bonds. The van der Waals surface area contributed by atoms with Gasteiger partial charge < -0.3 is 22.4 Å². The van der Waals surface area contributed by atoms with Crippen LogP contribution in [0.1, 0.15) is 18.7 Å². The molecule has 1 aliphatic rings. The Morgan fingerprint density at radius 1 is 1.69 bits per heavy atom. The fourth-order valence-electron chi connectivity index (χ4n) is 1.46. The molecule has 1 saturated carbocycles. The van der Waals surface area contributed by atoms with Crippen LogP contribution >= 0.6 is 0 Å². The molecule has 5 nitrogen and oxygen atoms in total. The van der Waals surface area contributed by atoms with Crippen LogP contribution in [0.4, 0.5) is 0 Å². The van der Waals surface area contributed by atoms with Crippen LogP contribution in [-0.4, -0.2) is 22.6 Å². The maximum absolute atomic E-state index is 8.51. The number of rotatable bonds is 5. The van der Waals surface area contributed by atoms with Crippen LogP contribution in [0.2, 0.25) is 0 Å². The molecule has 0 atom stereocenters. The molecule has 0 saturated heterocycles. The topological polar surface area (TPSA) is 50.6 Å². The molecule has 2 rings (SSSR count). The van der Waals surface area contributed by atoms with E-state index in [2.05, 4.69) is 5.16 Å². The van der Waals surface area contributed by atoms with Crippen LogP contribution in [0, 0.1) is 5.92 Å². The molecule has 1 N–H and O–H groups in total. The van der Waals surface area contributed by atoms with Crippen molar-refractivity contribution in [3.63, 3.8) is 0 Å². The zero-order valence-electron chi connectivity index (χ0n) is 9.21. The van der Waals surface area contributed by atoms with Crippen molar-refractivity contribution in [2.24, 2.45) is 18.1 Å². The first-order valence-electron chi connectivity index (χ1n) is 5.11. The van der Waals surface area contributed by atoms with Crippen molar-refractivity contribution in [1.29, 1.82) is 0 Å². The summed E-state index contributed by atoms with van der Waals surface area (Å²) in [7, 11) is 1.90. The molecule has 1 aromatic rings. The summed E-state index contributed by atoms with van der Waals surface area (Å²) in [5.74, 6) is 1.58. The molecule has 0 radical (unpaired) electrons. The Balaban J connectivity index is 0.00000128. The van der Waals surface area contributed by atoms with Crippen LogP contribution in [-0.2, 0) is 18.5 Å². The van der Waals surface area contributed by atoms with Crippen LogP contribution in [0.25, 0.3) is 0 Å². The Labute approximate surface area is 101 Å². The molecule has 1 aliphatic carbocycles. The molecule has 0 aromatic carbocycles. The Hall–Kier alpha value is -1.07. The summed E-state index contributed by atoms with van der Waals surface area (Å²) in [6.07, 6.45) is 7.80. The van der Waals surface area contributed by atoms with Crippen LogP contribution in [0.5, 0.6) is 0 Å². The van der Waals surface area contributed by atoms with Crippen molar-refractivity contribution >= 4 is 6.21 Å². The predicted octanol–water partition coefficient (Wildman–Crippen LogP) is -2.49. The summed E-state index contributed by atoms with van der Waals surface area (Å²) in [4.78, 5) is 0. The van der Waals surface area contributed by atoms with E-state index in [1.807, 2.05) is 28.6 Å². The molecular weight excluding hydrogens is 230 g/mol. The smallest absolute Gasteiger partial charge is 0.305 e. The first-order valence-corrected chi connectivity index (χ1v) is 5.11. The lowest BCUT2D eigenvalue weighted by Gasteiger charge is -2.00. The molecule has 0 bridgehead atoms. The Bertz CT molecular complexity index is 361. The minimum Gasteiger partial charge on any atom is -1.00 e. The average molecular weight is 246 g/mol. The highest BCUT2D eigenvalue weighted by molar-refractivity contribution is 5.72. The molecule has 1 heterocycles. The standard InChI is InChI=1S/C10H15N3O2.ClH/c1-12-4-5-13(10(12)6-11-14)8-15-7-9-2-3-9;/h4-6,9H,2-3,7-8H2,1H3;1H. The van der Waals surface area contributed by atoms with Gasteiger partial charge in [0.05, 0.1) is 13.7 Å². The molecule has 16 heavy (non-hydrogen) atoms. The van der Waals surface area contributed by atoms with Crippen molar-refractivity contribution in [3.05, 3.63) is 18.2 Å². The van der Waals surface area contributed by atoms with E-state index in [1.54, 1.807) is 0 Å². The number of nitrogens with zero attached hydrogens (tertiary/aromatic N) is 3. The lowest BCUT2D eigenvalue weighted by Crippen LogP contribution is -3.00. The molecule has 6 heteroatoms. The Kier molecular flexibility index (Phi) is 4.76. The number of aromatic nitrogens is 2. The zero-order chi connectivity index (χ0) is 10.7. The minimum absolute atomic E-state index is 0. The fourth-order valence-corrected chi connectivity index (χ4v) is 1.46. The van der Waals surface area contributed by atoms with Gasteiger partial charge in [0.25, 0.3) is 0 Å². The second-order valence-corrected chi connectivity index (χ2v) is 3.92. The number of halogens is 1. The Morgan fingerprint density at radius 2 is 2.44 bits per heavy atom. The third-order valence-electron chi connectivity index (χ3n) is 2.58. The van der Waals surface area contributed by atoms with Gasteiger partial charge in [0.2, 0.25) is 0 Å². The molecule has 0 aliphatic heterocycles. The predicted molar refractivity (Wildman–Crippen MR) is 53.7 cm³/mol. The number of hydrogen-bond donors (Lipinski definition) is 1. The molecule has 90 valence electrons. The summed E-state index contributed by atoms with van der Waals surface area (Å²) in [6, 6.07) is 0. The van der Waals surface area contributed by atoms with Gasteiger partial charge in [-0.15, -0.1) is 0 Å². The van der Waals surface area contributed by atoms with E-state index >= 15 is 0 Å². The Morgan fingerprint density at radius 3 is 3.06 bits per heavy atom. The van der Waals surface area contributed by atoms with Gasteiger partial charge in [0.15, 0.2) is 12.9 Å². The number of imidazole rings is 1. The SMILES string of the molecule is C[n+]1ccn(COCC2CC2)c1/C=N/O.[Cl-]. The third-order valence-corrected chi connectivity index (χ3v) is 2.58. The maximum atomic E-state index is 8.51. The largest absolute Gasteiger partial charge is 1.00 e. The van der Waals surface area contributed by atoms with Gasteiger partial charge in [-0.1, -0.05) is 5.16 Å². The maximum Gasteiger partial charge on any atom is 0.305 e. The normalized spacial score (nSPS) is 15.3. The van der Waals surface area contributed by atoms with E-state index < -0.39 is 0 Å². The van der Waals surface area contributed by atoms with Gasteiger partial charge in [-0.05, 0) is 18.8 Å². The molecule has 0 spiro atoms. The van der Waals surface area contributed by atoms with E-state index in [9.17, 15) is 0 Å². The number of oxime groups is 1. The van der Waals surface area contributed by atoms with Gasteiger partial charge in [0.1, 0.15) is 12.4 Å². The fraction of sp³-hybridized carbons (Fsp3) is 0.600. The van der Waals surface area contributed by atoms with E-state index in [1.165, 1.54) is 19.1 Å². The quantitative estimate of drug-likeness (QED) is 0.270. The number of hydrogen-bond acceptors (Lipinski definition) is 3. The van der Waals surface area contributed by atoms with Crippen molar-refractivity contribution in [3.8, 4) is 0 Å². The monoisotopic (exact) mass is 245 g/mol. The molecular formula is C10H16ClN3O2. The highest BCUT2D eigenvalue weighted by Gasteiger charge is 2.22. The van der Waals surface area contributed by atoms with Gasteiger partial charge in [-0.25, -0.2) is 9.13 Å². The van der Waals surface area contributed by atoms with Gasteiger partial charge in [-0.3, -0.25) is 0 Å². The van der Waals surface area contributed by atoms with E-state index in [0.29, 0.717) is 6.73 Å². The summed E-state index contributed by atoms with van der Waals surface area (Å²) in [5, 5.41) is 11.5. The van der Waals surface area contributed by atoms with E-state index in [0.717, 1.165) is 18.3 Å². The average Bonchev–Trinajstić information content (AvgIpc) is 2.98. The summed E-state index contributed by atoms with van der Waals surface area (Å²) in [6.45, 7) is 1.34. The third kappa shape index (κ3) is 3.21.